The molecule has 4 nitrogen and oxygen atoms in total. The third-order valence-electron chi connectivity index (χ3n) is 2.81. The molecular formula is C12H17NO3. The summed E-state index contributed by atoms with van der Waals surface area (Å²) in [5, 5.41) is 0. The van der Waals surface area contributed by atoms with E-state index >= 15 is 0 Å². The Bertz CT molecular complexity index is 355. The maximum absolute atomic E-state index is 10.9. The van der Waals surface area contributed by atoms with Crippen molar-refractivity contribution < 1.29 is 13.9 Å². The minimum Gasteiger partial charge on any atom is -0.469 e. The van der Waals surface area contributed by atoms with Crippen LogP contribution in [0.4, 0.5) is 0 Å². The van der Waals surface area contributed by atoms with E-state index in [9.17, 15) is 4.79 Å². The standard InChI is InChI=1S/C12H17NO3/c1-15-12(14)5-3-2-4-11-13-10(8-16-11)9-6-7-9/h8-9H,2-7H2,1H3. The second-order valence-corrected chi connectivity index (χ2v) is 4.22. The van der Waals surface area contributed by atoms with Crippen LogP contribution in [-0.4, -0.2) is 18.1 Å². The Balaban J connectivity index is 1.66. The van der Waals surface area contributed by atoms with Gasteiger partial charge in [-0.1, -0.05) is 0 Å². The molecular weight excluding hydrogens is 206 g/mol. The molecule has 1 aliphatic rings. The molecule has 0 amide bonds. The molecule has 0 N–H and O–H groups in total. The third kappa shape index (κ3) is 3.08. The van der Waals surface area contributed by atoms with Gasteiger partial charge in [0, 0.05) is 18.8 Å². The molecule has 0 aliphatic heterocycles. The molecule has 0 aromatic carbocycles. The zero-order chi connectivity index (χ0) is 11.4. The van der Waals surface area contributed by atoms with E-state index in [2.05, 4.69) is 9.72 Å². The minimum atomic E-state index is -0.147. The van der Waals surface area contributed by atoms with Crippen LogP contribution in [0.15, 0.2) is 10.7 Å². The molecule has 2 rings (SSSR count). The van der Waals surface area contributed by atoms with E-state index in [4.69, 9.17) is 4.42 Å². The van der Waals surface area contributed by atoms with Crippen LogP contribution in [0.25, 0.3) is 0 Å². The number of nitrogens with zero attached hydrogens (tertiary/aromatic N) is 1. The van der Waals surface area contributed by atoms with Gasteiger partial charge in [-0.05, 0) is 25.7 Å². The van der Waals surface area contributed by atoms with E-state index in [0.717, 1.165) is 30.8 Å². The van der Waals surface area contributed by atoms with E-state index in [-0.39, 0.29) is 5.97 Å². The third-order valence-corrected chi connectivity index (χ3v) is 2.81. The highest BCUT2D eigenvalue weighted by Crippen LogP contribution is 2.39. The summed E-state index contributed by atoms with van der Waals surface area (Å²) in [6.45, 7) is 0. The maximum atomic E-state index is 10.9. The number of esters is 1. The summed E-state index contributed by atoms with van der Waals surface area (Å²) in [5.74, 6) is 1.30. The minimum absolute atomic E-state index is 0.147. The average Bonchev–Trinajstić information content (AvgIpc) is 3.05. The molecule has 1 fully saturated rings. The van der Waals surface area contributed by atoms with Crippen LogP contribution in [0.1, 0.15) is 49.6 Å². The van der Waals surface area contributed by atoms with Gasteiger partial charge in [0.05, 0.1) is 12.8 Å². The second-order valence-electron chi connectivity index (χ2n) is 4.22. The Kier molecular flexibility index (Phi) is 3.59. The van der Waals surface area contributed by atoms with Crippen LogP contribution >= 0.6 is 0 Å². The van der Waals surface area contributed by atoms with Crippen molar-refractivity contribution in [1.29, 1.82) is 0 Å². The number of oxazole rings is 1. The summed E-state index contributed by atoms with van der Waals surface area (Å²) >= 11 is 0. The summed E-state index contributed by atoms with van der Waals surface area (Å²) in [5.41, 5.74) is 1.10. The number of hydrogen-bond donors (Lipinski definition) is 0. The first kappa shape index (κ1) is 11.2. The maximum Gasteiger partial charge on any atom is 0.305 e. The Morgan fingerprint density at radius 3 is 3.06 bits per heavy atom. The summed E-state index contributed by atoms with van der Waals surface area (Å²) in [6, 6.07) is 0. The van der Waals surface area contributed by atoms with Crippen molar-refractivity contribution in [2.24, 2.45) is 0 Å². The highest BCUT2D eigenvalue weighted by Gasteiger charge is 2.26. The van der Waals surface area contributed by atoms with Gasteiger partial charge in [-0.15, -0.1) is 0 Å². The SMILES string of the molecule is COC(=O)CCCCc1nc(C2CC2)co1. The van der Waals surface area contributed by atoms with Crippen LogP contribution in [0.2, 0.25) is 0 Å². The van der Waals surface area contributed by atoms with Crippen molar-refractivity contribution in [3.05, 3.63) is 17.8 Å². The normalized spacial score (nSPS) is 15.1. The molecule has 16 heavy (non-hydrogen) atoms. The Morgan fingerprint density at radius 2 is 2.38 bits per heavy atom. The second kappa shape index (κ2) is 5.14. The quantitative estimate of drug-likeness (QED) is 0.549. The number of aryl methyl sites for hydroxylation is 1. The van der Waals surface area contributed by atoms with Crippen molar-refractivity contribution in [2.45, 2.75) is 44.4 Å². The van der Waals surface area contributed by atoms with Gasteiger partial charge in [0.15, 0.2) is 5.89 Å². The van der Waals surface area contributed by atoms with Gasteiger partial charge in [0.2, 0.25) is 0 Å². The molecule has 88 valence electrons. The van der Waals surface area contributed by atoms with Crippen molar-refractivity contribution in [2.75, 3.05) is 7.11 Å². The van der Waals surface area contributed by atoms with E-state index in [1.807, 2.05) is 0 Å². The smallest absolute Gasteiger partial charge is 0.305 e. The molecule has 1 aromatic heterocycles. The van der Waals surface area contributed by atoms with Gasteiger partial charge < -0.3 is 9.15 Å². The molecule has 0 bridgehead atoms. The van der Waals surface area contributed by atoms with Gasteiger partial charge in [-0.2, -0.15) is 0 Å². The zero-order valence-electron chi connectivity index (χ0n) is 9.57. The lowest BCUT2D eigenvalue weighted by molar-refractivity contribution is -0.140. The number of rotatable bonds is 6. The first-order chi connectivity index (χ1) is 7.79. The van der Waals surface area contributed by atoms with Crippen LogP contribution < -0.4 is 0 Å². The molecule has 1 saturated carbocycles. The van der Waals surface area contributed by atoms with Gasteiger partial charge in [0.25, 0.3) is 0 Å². The number of hydrogen-bond acceptors (Lipinski definition) is 4. The summed E-state index contributed by atoms with van der Waals surface area (Å²) in [7, 11) is 1.42. The first-order valence-electron chi connectivity index (χ1n) is 5.80. The molecule has 1 heterocycles. The van der Waals surface area contributed by atoms with E-state index in [0.29, 0.717) is 12.3 Å². The van der Waals surface area contributed by atoms with Gasteiger partial charge in [0.1, 0.15) is 6.26 Å². The Hall–Kier alpha value is -1.32. The number of aromatic nitrogens is 1. The number of carbonyl (C=O) groups excluding carboxylic acids is 1. The fourth-order valence-corrected chi connectivity index (χ4v) is 1.65. The topological polar surface area (TPSA) is 52.3 Å². The van der Waals surface area contributed by atoms with E-state index in [1.165, 1.54) is 20.0 Å². The monoisotopic (exact) mass is 223 g/mol. The average molecular weight is 223 g/mol. The lowest BCUT2D eigenvalue weighted by Crippen LogP contribution is -1.99. The fourth-order valence-electron chi connectivity index (χ4n) is 1.65. The van der Waals surface area contributed by atoms with E-state index < -0.39 is 0 Å². The number of carbonyl (C=O) groups is 1. The number of methoxy groups -OCH3 is 1. The fraction of sp³-hybridized carbons (Fsp3) is 0.667. The van der Waals surface area contributed by atoms with Crippen molar-refractivity contribution in [3.8, 4) is 0 Å². The van der Waals surface area contributed by atoms with Crippen LogP contribution in [0.3, 0.4) is 0 Å². The van der Waals surface area contributed by atoms with E-state index in [1.54, 1.807) is 6.26 Å². The highest BCUT2D eigenvalue weighted by molar-refractivity contribution is 5.68. The molecule has 0 saturated heterocycles. The largest absolute Gasteiger partial charge is 0.469 e. The predicted molar refractivity (Wildman–Crippen MR) is 58.0 cm³/mol. The highest BCUT2D eigenvalue weighted by atomic mass is 16.5. The molecule has 0 atom stereocenters. The first-order valence-corrected chi connectivity index (χ1v) is 5.80. The van der Waals surface area contributed by atoms with Crippen LogP contribution in [-0.2, 0) is 16.0 Å². The summed E-state index contributed by atoms with van der Waals surface area (Å²) in [6.07, 6.45) is 7.29. The van der Waals surface area contributed by atoms with Crippen LogP contribution in [0, 0.1) is 0 Å². The Labute approximate surface area is 95.0 Å². The zero-order valence-corrected chi connectivity index (χ0v) is 9.57. The summed E-state index contributed by atoms with van der Waals surface area (Å²) < 4.78 is 9.94. The van der Waals surface area contributed by atoms with Crippen molar-refractivity contribution in [3.63, 3.8) is 0 Å². The molecule has 0 radical (unpaired) electrons. The molecule has 1 aliphatic carbocycles. The lowest BCUT2D eigenvalue weighted by Gasteiger charge is -1.97. The van der Waals surface area contributed by atoms with Crippen molar-refractivity contribution >= 4 is 5.97 Å². The molecule has 4 heteroatoms. The van der Waals surface area contributed by atoms with Gasteiger partial charge in [-0.25, -0.2) is 4.98 Å². The predicted octanol–water partition coefficient (Wildman–Crippen LogP) is 2.44. The number of unbranched alkanes of at least 4 members (excludes halogenated alkanes) is 1. The van der Waals surface area contributed by atoms with Gasteiger partial charge in [-0.3, -0.25) is 4.79 Å². The van der Waals surface area contributed by atoms with Crippen LogP contribution in [0.5, 0.6) is 0 Å². The summed E-state index contributed by atoms with van der Waals surface area (Å²) in [4.78, 5) is 15.3. The molecule has 0 spiro atoms. The van der Waals surface area contributed by atoms with Crippen molar-refractivity contribution in [1.82, 2.24) is 4.98 Å². The molecule has 1 aromatic rings. The Morgan fingerprint density at radius 1 is 1.56 bits per heavy atom. The van der Waals surface area contributed by atoms with Gasteiger partial charge >= 0.3 is 5.97 Å². The number of ether oxygens (including phenoxy) is 1. The lowest BCUT2D eigenvalue weighted by atomic mass is 10.2. The molecule has 0 unspecified atom stereocenters.